The van der Waals surface area contributed by atoms with Gasteiger partial charge in [0.25, 0.3) is 0 Å². The third-order valence-electron chi connectivity index (χ3n) is 12.3. The summed E-state index contributed by atoms with van der Waals surface area (Å²) in [5.74, 6) is 2.17. The molecule has 10 rings (SSSR count). The summed E-state index contributed by atoms with van der Waals surface area (Å²) in [5.41, 5.74) is 17.2. The molecule has 0 saturated carbocycles. The minimum Gasteiger partial charge on any atom is -0.296 e. The van der Waals surface area contributed by atoms with Gasteiger partial charge in [0.15, 0.2) is 0 Å². The molecular formula is C53H45N3. The van der Waals surface area contributed by atoms with Gasteiger partial charge < -0.3 is 0 Å². The van der Waals surface area contributed by atoms with Crippen molar-refractivity contribution in [3.8, 4) is 27.9 Å². The van der Waals surface area contributed by atoms with Crippen LogP contribution in [0.25, 0.3) is 27.9 Å². The number of nitrogens with zero attached hydrogens (tertiary/aromatic N) is 3. The van der Waals surface area contributed by atoms with E-state index in [0.717, 1.165) is 40.1 Å². The maximum atomic E-state index is 2.46. The lowest BCUT2D eigenvalue weighted by atomic mass is 9.82. The molecule has 0 fully saturated rings. The van der Waals surface area contributed by atoms with Gasteiger partial charge in [0.1, 0.15) is 11.6 Å². The van der Waals surface area contributed by atoms with Crippen molar-refractivity contribution < 1.29 is 0 Å². The Morgan fingerprint density at radius 2 is 0.786 bits per heavy atom. The molecule has 0 aliphatic heterocycles. The Bertz CT molecular complexity index is 2760. The summed E-state index contributed by atoms with van der Waals surface area (Å²) in [7, 11) is 0. The number of aromatic nitrogens is 1. The average molecular weight is 724 g/mol. The fraction of sp³-hybridized carbons (Fsp3) is 0.132. The first-order chi connectivity index (χ1) is 27.2. The van der Waals surface area contributed by atoms with Gasteiger partial charge in [0.2, 0.25) is 0 Å². The molecule has 0 unspecified atom stereocenters. The van der Waals surface area contributed by atoms with Crippen molar-refractivity contribution in [1.82, 2.24) is 4.57 Å². The number of benzene rings is 7. The van der Waals surface area contributed by atoms with Crippen LogP contribution in [0.2, 0.25) is 0 Å². The van der Waals surface area contributed by atoms with Gasteiger partial charge in [0.05, 0.1) is 0 Å². The van der Waals surface area contributed by atoms with E-state index < -0.39 is 0 Å². The van der Waals surface area contributed by atoms with Gasteiger partial charge in [0, 0.05) is 39.3 Å². The highest BCUT2D eigenvalue weighted by Crippen LogP contribution is 2.53. The Kier molecular flexibility index (Phi) is 7.73. The van der Waals surface area contributed by atoms with Crippen molar-refractivity contribution >= 4 is 34.4 Å². The second-order valence-electron chi connectivity index (χ2n) is 16.3. The molecule has 1 aromatic heterocycles. The first kappa shape index (κ1) is 33.9. The Morgan fingerprint density at radius 3 is 1.30 bits per heavy atom. The molecule has 3 nitrogen and oxygen atoms in total. The van der Waals surface area contributed by atoms with Gasteiger partial charge in [-0.05, 0) is 124 Å². The zero-order valence-electron chi connectivity index (χ0n) is 32.7. The first-order valence-electron chi connectivity index (χ1n) is 19.7. The summed E-state index contributed by atoms with van der Waals surface area (Å²) < 4.78 is 2.45. The van der Waals surface area contributed by atoms with Crippen LogP contribution in [0.15, 0.2) is 182 Å². The van der Waals surface area contributed by atoms with Gasteiger partial charge in [-0.25, -0.2) is 0 Å². The molecule has 0 spiro atoms. The fourth-order valence-corrected chi connectivity index (χ4v) is 9.50. The number of anilines is 6. The summed E-state index contributed by atoms with van der Waals surface area (Å²) in [4.78, 5) is 4.89. The third-order valence-corrected chi connectivity index (χ3v) is 12.3. The van der Waals surface area contributed by atoms with Crippen LogP contribution in [-0.2, 0) is 10.8 Å². The summed E-state index contributed by atoms with van der Waals surface area (Å²) >= 11 is 0. The minimum atomic E-state index is -0.128. The number of hydrogen-bond acceptors (Lipinski definition) is 2. The number of fused-ring (bicyclic) bond motifs is 6. The van der Waals surface area contributed by atoms with Crippen molar-refractivity contribution in [2.45, 2.75) is 45.4 Å². The van der Waals surface area contributed by atoms with Crippen molar-refractivity contribution in [3.63, 3.8) is 0 Å². The Morgan fingerprint density at radius 1 is 0.375 bits per heavy atom. The van der Waals surface area contributed by atoms with E-state index in [0.29, 0.717) is 0 Å². The molecule has 3 heteroatoms. The van der Waals surface area contributed by atoms with E-state index in [4.69, 9.17) is 0 Å². The van der Waals surface area contributed by atoms with E-state index in [2.05, 4.69) is 231 Å². The molecule has 8 aromatic rings. The molecule has 56 heavy (non-hydrogen) atoms. The van der Waals surface area contributed by atoms with Crippen LogP contribution >= 0.6 is 0 Å². The van der Waals surface area contributed by atoms with Crippen molar-refractivity contribution in [1.29, 1.82) is 0 Å². The van der Waals surface area contributed by atoms with Crippen LogP contribution in [-0.4, -0.2) is 4.57 Å². The van der Waals surface area contributed by atoms with Crippen molar-refractivity contribution in [2.75, 3.05) is 9.80 Å². The van der Waals surface area contributed by atoms with Crippen molar-refractivity contribution in [3.05, 3.63) is 210 Å². The maximum Gasteiger partial charge on any atom is 0.127 e. The number of para-hydroxylation sites is 3. The molecular weight excluding hydrogens is 679 g/mol. The Labute approximate surface area is 330 Å². The van der Waals surface area contributed by atoms with E-state index in [1.54, 1.807) is 0 Å². The summed E-state index contributed by atoms with van der Waals surface area (Å²) in [6.07, 6.45) is 0. The van der Waals surface area contributed by atoms with Crippen LogP contribution in [0.3, 0.4) is 0 Å². The normalized spacial score (nSPS) is 14.1. The van der Waals surface area contributed by atoms with Crippen LogP contribution < -0.4 is 9.80 Å². The first-order valence-corrected chi connectivity index (χ1v) is 19.7. The van der Waals surface area contributed by atoms with Crippen LogP contribution in [0.5, 0.6) is 0 Å². The topological polar surface area (TPSA) is 11.4 Å². The van der Waals surface area contributed by atoms with Gasteiger partial charge in [-0.2, -0.15) is 0 Å². The molecule has 0 atom stereocenters. The van der Waals surface area contributed by atoms with E-state index in [1.807, 2.05) is 0 Å². The van der Waals surface area contributed by atoms with Gasteiger partial charge in [-0.3, -0.25) is 14.4 Å². The van der Waals surface area contributed by atoms with Crippen LogP contribution in [0, 0.1) is 6.92 Å². The van der Waals surface area contributed by atoms with E-state index in [9.17, 15) is 0 Å². The average Bonchev–Trinajstić information content (AvgIpc) is 3.77. The van der Waals surface area contributed by atoms with E-state index in [1.165, 1.54) is 50.1 Å². The predicted molar refractivity (Wildman–Crippen MR) is 235 cm³/mol. The predicted octanol–water partition coefficient (Wildman–Crippen LogP) is 14.3. The highest BCUT2D eigenvalue weighted by Gasteiger charge is 2.38. The molecule has 0 N–H and O–H groups in total. The van der Waals surface area contributed by atoms with Crippen LogP contribution in [0.1, 0.15) is 55.5 Å². The molecule has 2 aliphatic carbocycles. The van der Waals surface area contributed by atoms with Gasteiger partial charge in [-0.1, -0.05) is 143 Å². The van der Waals surface area contributed by atoms with Gasteiger partial charge in [-0.15, -0.1) is 0 Å². The number of hydrogen-bond donors (Lipinski definition) is 0. The lowest BCUT2D eigenvalue weighted by Crippen LogP contribution is -2.20. The SMILES string of the molecule is Cc1cc(N(c2ccccc2)c2ccc3c(c2)C(C)(C)c2ccccc2-3)n(-c2ccccc2)c1N(c1ccccc1)c1ccc2c(c1)C(C)(C)c1ccccc1-2. The molecule has 1 heterocycles. The standard InChI is InChI=1S/C53H45N3/c1-36-33-50(54(37-19-9-6-10-20-37)40-29-31-44-42-25-15-17-27-46(42)52(2,3)48(44)34-40)56(39-23-13-8-14-24-39)51(36)55(38-21-11-7-12-22-38)41-30-32-45-43-26-16-18-28-47(43)53(4,5)49(45)35-41/h6-35H,1-5H3. The second-order valence-corrected chi connectivity index (χ2v) is 16.3. The largest absolute Gasteiger partial charge is 0.296 e. The van der Waals surface area contributed by atoms with Crippen molar-refractivity contribution in [2.24, 2.45) is 0 Å². The smallest absolute Gasteiger partial charge is 0.127 e. The molecule has 0 amide bonds. The lowest BCUT2D eigenvalue weighted by molar-refractivity contribution is 0.660. The van der Waals surface area contributed by atoms with E-state index >= 15 is 0 Å². The van der Waals surface area contributed by atoms with Crippen LogP contribution in [0.4, 0.5) is 34.4 Å². The maximum absolute atomic E-state index is 2.46. The molecule has 0 saturated heterocycles. The highest BCUT2D eigenvalue weighted by molar-refractivity contribution is 5.89. The zero-order chi connectivity index (χ0) is 38.2. The molecule has 272 valence electrons. The highest BCUT2D eigenvalue weighted by atomic mass is 15.3. The fourth-order valence-electron chi connectivity index (χ4n) is 9.50. The number of aryl methyl sites for hydroxylation is 1. The molecule has 0 radical (unpaired) electrons. The summed E-state index contributed by atoms with van der Waals surface area (Å²) in [6.45, 7) is 11.7. The number of rotatable bonds is 7. The molecule has 7 aromatic carbocycles. The molecule has 0 bridgehead atoms. The van der Waals surface area contributed by atoms with E-state index in [-0.39, 0.29) is 10.8 Å². The third kappa shape index (κ3) is 5.11. The monoisotopic (exact) mass is 723 g/mol. The summed E-state index contributed by atoms with van der Waals surface area (Å²) in [6, 6.07) is 66.8. The summed E-state index contributed by atoms with van der Waals surface area (Å²) in [5, 5.41) is 0. The molecule has 2 aliphatic rings. The lowest BCUT2D eigenvalue weighted by Gasteiger charge is -2.32. The van der Waals surface area contributed by atoms with Gasteiger partial charge >= 0.3 is 0 Å². The zero-order valence-corrected chi connectivity index (χ0v) is 32.7. The minimum absolute atomic E-state index is 0.127. The quantitative estimate of drug-likeness (QED) is 0.162. The Balaban J connectivity index is 1.22. The second kappa shape index (κ2) is 12.7. The Hall–Kier alpha value is -6.58.